The molecule has 0 amide bonds. The van der Waals surface area contributed by atoms with Crippen LogP contribution in [0, 0.1) is 23.7 Å². The second kappa shape index (κ2) is 11.8. The van der Waals surface area contributed by atoms with Gasteiger partial charge in [-0.2, -0.15) is 0 Å². The number of carbonyl (C=O) groups excluding carboxylic acids is 1. The molecule has 0 bridgehead atoms. The molecule has 2 saturated carbocycles. The minimum Gasteiger partial charge on any atom is -0.299 e. The van der Waals surface area contributed by atoms with Crippen molar-refractivity contribution >= 4 is 12.0 Å². The van der Waals surface area contributed by atoms with Gasteiger partial charge in [-0.3, -0.25) is 9.79 Å². The number of ketones is 1. The van der Waals surface area contributed by atoms with Crippen LogP contribution in [-0.2, 0) is 11.2 Å². The van der Waals surface area contributed by atoms with Gasteiger partial charge in [-0.25, -0.2) is 0 Å². The van der Waals surface area contributed by atoms with Gasteiger partial charge >= 0.3 is 0 Å². The molecule has 0 aromatic heterocycles. The average Bonchev–Trinajstić information content (AvgIpc) is 3.07. The van der Waals surface area contributed by atoms with Crippen LogP contribution < -0.4 is 0 Å². The van der Waals surface area contributed by atoms with Gasteiger partial charge in [0.1, 0.15) is 5.78 Å². The van der Waals surface area contributed by atoms with Crippen LogP contribution in [0.15, 0.2) is 52.7 Å². The summed E-state index contributed by atoms with van der Waals surface area (Å²) < 4.78 is 0. The highest BCUT2D eigenvalue weighted by Gasteiger charge is 2.31. The zero-order valence-electron chi connectivity index (χ0n) is 21.9. The predicted molar refractivity (Wildman–Crippen MR) is 147 cm³/mol. The van der Waals surface area contributed by atoms with E-state index in [4.69, 9.17) is 4.99 Å². The summed E-state index contributed by atoms with van der Waals surface area (Å²) in [6.45, 7) is 2.31. The van der Waals surface area contributed by atoms with Crippen molar-refractivity contribution in [1.29, 1.82) is 0 Å². The molecule has 0 spiro atoms. The van der Waals surface area contributed by atoms with Crippen LogP contribution in [0.1, 0.15) is 114 Å². The van der Waals surface area contributed by atoms with Crippen LogP contribution in [0.2, 0.25) is 0 Å². The van der Waals surface area contributed by atoms with Gasteiger partial charge in [-0.15, -0.1) is 0 Å². The monoisotopic (exact) mass is 471 g/mol. The molecular formula is C33H45NO. The molecule has 4 unspecified atom stereocenters. The number of rotatable bonds is 7. The third-order valence-electron chi connectivity index (χ3n) is 9.27. The molecular weight excluding hydrogens is 426 g/mol. The highest BCUT2D eigenvalue weighted by Crippen LogP contribution is 2.44. The highest BCUT2D eigenvalue weighted by molar-refractivity contribution is 5.80. The lowest BCUT2D eigenvalue weighted by Crippen LogP contribution is -2.17. The van der Waals surface area contributed by atoms with Crippen molar-refractivity contribution in [1.82, 2.24) is 0 Å². The van der Waals surface area contributed by atoms with E-state index in [9.17, 15) is 4.79 Å². The zero-order chi connectivity index (χ0) is 24.0. The fourth-order valence-corrected chi connectivity index (χ4v) is 7.30. The Labute approximate surface area is 213 Å². The minimum atomic E-state index is 0.431. The number of hydrogen-bond donors (Lipinski definition) is 0. The fourth-order valence-electron chi connectivity index (χ4n) is 7.30. The number of hydrogen-bond acceptors (Lipinski definition) is 2. The van der Waals surface area contributed by atoms with E-state index in [-0.39, 0.29) is 0 Å². The van der Waals surface area contributed by atoms with E-state index in [1.165, 1.54) is 99.4 Å². The molecule has 2 nitrogen and oxygen atoms in total. The number of allylic oxidation sites excluding steroid dienone is 4. The smallest absolute Gasteiger partial charge is 0.137 e. The van der Waals surface area contributed by atoms with Crippen molar-refractivity contribution in [2.45, 2.75) is 109 Å². The maximum absolute atomic E-state index is 12.8. The number of fused-ring (bicyclic) bond motifs is 1. The lowest BCUT2D eigenvalue weighted by atomic mass is 9.75. The Morgan fingerprint density at radius 3 is 2.63 bits per heavy atom. The van der Waals surface area contributed by atoms with Gasteiger partial charge in [0.25, 0.3) is 0 Å². The molecule has 0 N–H and O–H groups in total. The first-order valence-corrected chi connectivity index (χ1v) is 14.7. The quantitative estimate of drug-likeness (QED) is 0.365. The Morgan fingerprint density at radius 2 is 1.77 bits per heavy atom. The van der Waals surface area contributed by atoms with E-state index >= 15 is 0 Å². The first-order chi connectivity index (χ1) is 17.2. The first-order valence-electron chi connectivity index (χ1n) is 14.7. The van der Waals surface area contributed by atoms with E-state index in [0.29, 0.717) is 35.9 Å². The van der Waals surface area contributed by atoms with E-state index in [1.54, 1.807) is 0 Å². The van der Waals surface area contributed by atoms with Gasteiger partial charge in [0, 0.05) is 30.7 Å². The number of benzene rings is 1. The molecule has 4 aliphatic rings. The fraction of sp³-hybridized carbons (Fsp3) is 0.636. The van der Waals surface area contributed by atoms with Gasteiger partial charge in [0.05, 0.1) is 0 Å². The van der Waals surface area contributed by atoms with Crippen LogP contribution >= 0.6 is 0 Å². The predicted octanol–water partition coefficient (Wildman–Crippen LogP) is 8.76. The Bertz CT molecular complexity index is 961. The van der Waals surface area contributed by atoms with Crippen LogP contribution in [0.25, 0.3) is 0 Å². The third kappa shape index (κ3) is 6.43. The largest absolute Gasteiger partial charge is 0.299 e. The molecule has 0 saturated heterocycles. The van der Waals surface area contributed by atoms with Crippen LogP contribution in [0.5, 0.6) is 0 Å². The van der Waals surface area contributed by atoms with Gasteiger partial charge in [0.15, 0.2) is 0 Å². The van der Waals surface area contributed by atoms with Crippen LogP contribution in [0.4, 0.5) is 0 Å². The SMILES string of the molecule is CC1C=NC(C2CCCC(c3cccc(CC(=O)CCC4CCCCCC4)c3)C2)=C2C=CCC2C1. The average molecular weight is 472 g/mol. The molecule has 0 radical (unpaired) electrons. The summed E-state index contributed by atoms with van der Waals surface area (Å²) >= 11 is 0. The van der Waals surface area contributed by atoms with Crippen molar-refractivity contribution in [3.8, 4) is 0 Å². The van der Waals surface area contributed by atoms with E-state index in [0.717, 1.165) is 18.8 Å². The summed E-state index contributed by atoms with van der Waals surface area (Å²) in [7, 11) is 0. The minimum absolute atomic E-state index is 0.431. The molecule has 3 aliphatic carbocycles. The van der Waals surface area contributed by atoms with Crippen molar-refractivity contribution in [3.63, 3.8) is 0 Å². The second-order valence-electron chi connectivity index (χ2n) is 12.1. The maximum Gasteiger partial charge on any atom is 0.137 e. The topological polar surface area (TPSA) is 29.4 Å². The third-order valence-corrected chi connectivity index (χ3v) is 9.27. The van der Waals surface area contributed by atoms with Gasteiger partial charge in [0.2, 0.25) is 0 Å². The van der Waals surface area contributed by atoms with E-state index < -0.39 is 0 Å². The van der Waals surface area contributed by atoms with E-state index in [1.807, 2.05) is 0 Å². The van der Waals surface area contributed by atoms with E-state index in [2.05, 4.69) is 49.6 Å². The molecule has 2 fully saturated rings. The van der Waals surface area contributed by atoms with Crippen molar-refractivity contribution < 1.29 is 4.79 Å². The summed E-state index contributed by atoms with van der Waals surface area (Å²) in [5.41, 5.74) is 5.59. The Balaban J connectivity index is 1.21. The van der Waals surface area contributed by atoms with Gasteiger partial charge in [-0.05, 0) is 78.9 Å². The maximum atomic E-state index is 12.8. The summed E-state index contributed by atoms with van der Waals surface area (Å²) in [6, 6.07) is 9.02. The molecule has 1 heterocycles. The van der Waals surface area contributed by atoms with Crippen molar-refractivity contribution in [2.24, 2.45) is 28.7 Å². The number of nitrogens with zero attached hydrogens (tertiary/aromatic N) is 1. The molecule has 2 heteroatoms. The number of carbonyl (C=O) groups is 1. The summed E-state index contributed by atoms with van der Waals surface area (Å²) in [4.78, 5) is 17.9. The van der Waals surface area contributed by atoms with Gasteiger partial charge < -0.3 is 0 Å². The summed E-state index contributed by atoms with van der Waals surface area (Å²) in [5.74, 6) is 3.62. The van der Waals surface area contributed by atoms with Crippen molar-refractivity contribution in [3.05, 3.63) is 58.8 Å². The summed E-state index contributed by atoms with van der Waals surface area (Å²) in [6.07, 6.45) is 25.1. The standard InChI is InChI=1S/C33H45NO/c1-24-19-29-14-8-16-32(29)33(34-23-24)30-15-7-13-28(22-30)27-12-6-11-26(20-27)21-31(35)18-17-25-9-4-2-3-5-10-25/h6,8,11-12,16,20,23-25,28-30H,2-5,7,9-10,13-15,17-19,21-22H2,1H3. The highest BCUT2D eigenvalue weighted by atomic mass is 16.1. The summed E-state index contributed by atoms with van der Waals surface area (Å²) in [5, 5.41) is 0. The Kier molecular flexibility index (Phi) is 8.37. The Hall–Kier alpha value is -1.96. The molecule has 35 heavy (non-hydrogen) atoms. The molecule has 188 valence electrons. The van der Waals surface area contributed by atoms with Crippen LogP contribution in [-0.4, -0.2) is 12.0 Å². The molecule has 5 rings (SSSR count). The second-order valence-corrected chi connectivity index (χ2v) is 12.1. The Morgan fingerprint density at radius 1 is 0.943 bits per heavy atom. The first kappa shape index (κ1) is 24.7. The lowest BCUT2D eigenvalue weighted by molar-refractivity contribution is -0.118. The molecule has 1 aliphatic heterocycles. The lowest BCUT2D eigenvalue weighted by Gasteiger charge is -2.31. The number of aliphatic imine (C=N–C) groups is 1. The van der Waals surface area contributed by atoms with Crippen LogP contribution in [0.3, 0.4) is 0 Å². The van der Waals surface area contributed by atoms with Gasteiger partial charge in [-0.1, -0.05) is 88.3 Å². The normalized spacial score (nSPS) is 29.6. The number of Topliss-reactive ketones (excluding diaryl/α,β-unsaturated/α-hetero) is 1. The molecule has 1 aromatic carbocycles. The van der Waals surface area contributed by atoms with Crippen molar-refractivity contribution in [2.75, 3.05) is 0 Å². The molecule has 1 aromatic rings. The molecule has 4 atom stereocenters. The zero-order valence-corrected chi connectivity index (χ0v) is 21.9.